The number of halogens is 5. The fraction of sp³-hybridized carbons (Fsp3) is 0.485. The lowest BCUT2D eigenvalue weighted by Crippen LogP contribution is -2.51. The predicted molar refractivity (Wildman–Crippen MR) is 166 cm³/mol. The van der Waals surface area contributed by atoms with Crippen LogP contribution in [0.2, 0.25) is 0 Å². The highest BCUT2D eigenvalue weighted by Gasteiger charge is 2.49. The van der Waals surface area contributed by atoms with E-state index in [1.807, 2.05) is 4.90 Å². The summed E-state index contributed by atoms with van der Waals surface area (Å²) in [6.07, 6.45) is -0.0919. The third-order valence-corrected chi connectivity index (χ3v) is 10.6. The van der Waals surface area contributed by atoms with Gasteiger partial charge in [0.05, 0.1) is 23.2 Å². The molecule has 0 saturated carbocycles. The van der Waals surface area contributed by atoms with Crippen LogP contribution in [-0.2, 0) is 6.18 Å². The van der Waals surface area contributed by atoms with Gasteiger partial charge in [0, 0.05) is 42.7 Å². The summed E-state index contributed by atoms with van der Waals surface area (Å²) < 4.78 is 80.8. The highest BCUT2D eigenvalue weighted by Crippen LogP contribution is 2.43. The van der Waals surface area contributed by atoms with Crippen LogP contribution in [-0.4, -0.2) is 86.2 Å². The van der Waals surface area contributed by atoms with Crippen LogP contribution in [0.4, 0.5) is 27.8 Å². The van der Waals surface area contributed by atoms with E-state index in [1.165, 1.54) is 0 Å². The van der Waals surface area contributed by atoms with E-state index in [0.717, 1.165) is 75.4 Å². The van der Waals surface area contributed by atoms with Crippen LogP contribution < -0.4 is 20.5 Å². The number of fused-ring (bicyclic) bond motifs is 5. The first kappa shape index (κ1) is 31.2. The average Bonchev–Trinajstić information content (AvgIpc) is 3.73. The number of ether oxygens (including phenoxy) is 1. The van der Waals surface area contributed by atoms with Crippen LogP contribution in [0.3, 0.4) is 0 Å². The molecule has 4 atom stereocenters. The van der Waals surface area contributed by atoms with Crippen molar-refractivity contribution in [1.82, 2.24) is 24.8 Å². The van der Waals surface area contributed by atoms with Gasteiger partial charge in [-0.05, 0) is 68.7 Å². The Balaban J connectivity index is 1.34. The van der Waals surface area contributed by atoms with Crippen LogP contribution in [0.5, 0.6) is 11.8 Å². The summed E-state index contributed by atoms with van der Waals surface area (Å²) in [5.41, 5.74) is -4.19. The van der Waals surface area contributed by atoms with Gasteiger partial charge in [0.25, 0.3) is 5.56 Å². The highest BCUT2D eigenvalue weighted by molar-refractivity contribution is 5.94. The van der Waals surface area contributed by atoms with Crippen molar-refractivity contribution in [2.24, 2.45) is 0 Å². The van der Waals surface area contributed by atoms with Crippen molar-refractivity contribution in [3.63, 3.8) is 0 Å². The molecule has 0 unspecified atom stereocenters. The number of rotatable bonds is 6. The molecule has 4 aliphatic heterocycles. The van der Waals surface area contributed by atoms with Gasteiger partial charge in [-0.3, -0.25) is 14.3 Å². The summed E-state index contributed by atoms with van der Waals surface area (Å²) in [4.78, 5) is 27.4. The topological polar surface area (TPSA) is 116 Å². The lowest BCUT2D eigenvalue weighted by atomic mass is 9.95. The zero-order chi connectivity index (χ0) is 33.5. The van der Waals surface area contributed by atoms with E-state index in [0.29, 0.717) is 13.1 Å². The number of benzene rings is 2. The van der Waals surface area contributed by atoms with Gasteiger partial charge in [-0.2, -0.15) is 23.1 Å². The number of phenols is 1. The third kappa shape index (κ3) is 4.96. The van der Waals surface area contributed by atoms with Crippen molar-refractivity contribution in [2.45, 2.75) is 68.4 Å². The average molecular weight is 673 g/mol. The van der Waals surface area contributed by atoms with Crippen molar-refractivity contribution in [3.05, 3.63) is 58.0 Å². The van der Waals surface area contributed by atoms with Crippen LogP contribution >= 0.6 is 0 Å². The van der Waals surface area contributed by atoms with Gasteiger partial charge in [-0.1, -0.05) is 6.07 Å². The molecule has 48 heavy (non-hydrogen) atoms. The molecule has 4 aliphatic rings. The molecule has 0 aliphatic carbocycles. The number of anilines is 1. The minimum Gasteiger partial charge on any atom is -0.508 e. The lowest BCUT2D eigenvalue weighted by molar-refractivity contribution is -0.142. The maximum atomic E-state index is 15.3. The Morgan fingerprint density at radius 2 is 1.81 bits per heavy atom. The van der Waals surface area contributed by atoms with Crippen LogP contribution in [0.1, 0.15) is 44.2 Å². The summed E-state index contributed by atoms with van der Waals surface area (Å²) in [6, 6.07) is 4.48. The number of phenolic OH excluding ortho intramolecular Hbond substituents is 1. The molecule has 2 aromatic heterocycles. The molecular formula is C33H33F5N6O4. The molecule has 3 N–H and O–H groups in total. The van der Waals surface area contributed by atoms with Gasteiger partial charge < -0.3 is 25.2 Å². The third-order valence-electron chi connectivity index (χ3n) is 10.6. The number of hydrogen-bond acceptors (Lipinski definition) is 9. The molecule has 2 aromatic carbocycles. The first-order valence-electron chi connectivity index (χ1n) is 16.1. The van der Waals surface area contributed by atoms with E-state index < -0.39 is 51.4 Å². The molecule has 4 fully saturated rings. The van der Waals surface area contributed by atoms with E-state index in [1.54, 1.807) is 0 Å². The van der Waals surface area contributed by atoms with Gasteiger partial charge in [-0.25, -0.2) is 8.78 Å². The number of pyridine rings is 1. The van der Waals surface area contributed by atoms with E-state index >= 15 is 4.39 Å². The Labute approximate surface area is 270 Å². The van der Waals surface area contributed by atoms with Gasteiger partial charge >= 0.3 is 12.2 Å². The number of hydrogen-bond donors (Lipinski definition) is 3. The molecule has 0 spiro atoms. The summed E-state index contributed by atoms with van der Waals surface area (Å²) in [6.45, 7) is 1.83. The van der Waals surface area contributed by atoms with Gasteiger partial charge in [-0.15, -0.1) is 0 Å². The minimum atomic E-state index is -5.14. The zero-order valence-electron chi connectivity index (χ0n) is 25.7. The summed E-state index contributed by atoms with van der Waals surface area (Å²) >= 11 is 0. The second-order valence-corrected chi connectivity index (χ2v) is 13.4. The van der Waals surface area contributed by atoms with E-state index in [-0.39, 0.29) is 64.0 Å². The monoisotopic (exact) mass is 672 g/mol. The highest BCUT2D eigenvalue weighted by atomic mass is 19.4. The minimum absolute atomic E-state index is 0.00385. The fourth-order valence-corrected chi connectivity index (χ4v) is 8.41. The molecule has 0 radical (unpaired) electrons. The maximum absolute atomic E-state index is 15.3. The van der Waals surface area contributed by atoms with Crippen molar-refractivity contribution in [2.75, 3.05) is 37.7 Å². The Morgan fingerprint density at radius 3 is 2.54 bits per heavy atom. The molecule has 15 heteroatoms. The number of alkyl halides is 3. The summed E-state index contributed by atoms with van der Waals surface area (Å²) in [7, 11) is 0. The molecule has 8 rings (SSSR count). The Kier molecular flexibility index (Phi) is 7.31. The van der Waals surface area contributed by atoms with Crippen molar-refractivity contribution >= 4 is 27.5 Å². The number of aromatic nitrogens is 3. The first-order chi connectivity index (χ1) is 23.0. The largest absolute Gasteiger partial charge is 0.508 e. The van der Waals surface area contributed by atoms with Crippen LogP contribution in [0.25, 0.3) is 27.4 Å². The molecule has 0 amide bonds. The number of aliphatic hydroxyl groups is 1. The lowest BCUT2D eigenvalue weighted by Gasteiger charge is -2.35. The second kappa shape index (κ2) is 11.2. The molecule has 10 nitrogen and oxygen atoms in total. The maximum Gasteiger partial charge on any atom is 0.431 e. The standard InChI is InChI=1S/C33H33F5N6O4/c34-23-5-2-17-10-21(46)11-24(26(17)27(23)35)44-25(33(36,37)38)12-22-28(30(44)47)40-31(41-29(22)42-13-18-3-4-19(14-42)39-18)48-16-32-7-1-9-43(32)20(15-45)6-8-32/h2,5,10-12,18-20,39,45-46H,1,3-4,6-9,13-16H2/t18-,19+,20-,32-/m1/s1. The number of piperazine rings is 1. The van der Waals surface area contributed by atoms with E-state index in [2.05, 4.69) is 20.2 Å². The van der Waals surface area contributed by atoms with Crippen LogP contribution in [0.15, 0.2) is 35.1 Å². The quantitative estimate of drug-likeness (QED) is 0.259. The van der Waals surface area contributed by atoms with Crippen molar-refractivity contribution in [3.8, 4) is 17.4 Å². The van der Waals surface area contributed by atoms with E-state index in [4.69, 9.17) is 4.74 Å². The molecule has 254 valence electrons. The Morgan fingerprint density at radius 1 is 1.04 bits per heavy atom. The molecule has 6 heterocycles. The molecule has 2 bridgehead atoms. The number of aliphatic hydroxyl groups excluding tert-OH is 1. The van der Waals surface area contributed by atoms with Gasteiger partial charge in [0.1, 0.15) is 29.4 Å². The summed E-state index contributed by atoms with van der Waals surface area (Å²) in [5, 5.41) is 23.0. The normalized spacial score (nSPS) is 25.8. The van der Waals surface area contributed by atoms with Gasteiger partial charge in [0.2, 0.25) is 0 Å². The smallest absolute Gasteiger partial charge is 0.431 e. The predicted octanol–water partition coefficient (Wildman–Crippen LogP) is 4.25. The number of nitrogens with one attached hydrogen (secondary N) is 1. The second-order valence-electron chi connectivity index (χ2n) is 13.4. The first-order valence-corrected chi connectivity index (χ1v) is 16.1. The summed E-state index contributed by atoms with van der Waals surface area (Å²) in [5.74, 6) is -3.24. The molecular weight excluding hydrogens is 639 g/mol. The zero-order valence-corrected chi connectivity index (χ0v) is 25.7. The molecule has 4 saturated heterocycles. The Bertz CT molecular complexity index is 1990. The van der Waals surface area contributed by atoms with Gasteiger partial charge in [0.15, 0.2) is 11.6 Å². The number of nitrogens with zero attached hydrogens (tertiary/aromatic N) is 5. The molecule has 4 aromatic rings. The fourth-order valence-electron chi connectivity index (χ4n) is 8.41. The number of aromatic hydroxyl groups is 1. The van der Waals surface area contributed by atoms with Crippen LogP contribution in [0, 0.1) is 11.6 Å². The Hall–Kier alpha value is -4.08. The van der Waals surface area contributed by atoms with Crippen molar-refractivity contribution < 1.29 is 36.9 Å². The van der Waals surface area contributed by atoms with Crippen molar-refractivity contribution in [1.29, 1.82) is 0 Å². The van der Waals surface area contributed by atoms with E-state index in [9.17, 15) is 32.6 Å². The SMILES string of the molecule is O=c1c2nc(OC[C@]34CCCN3[C@@H](CO)CC4)nc(N3C[C@H]4CC[C@@H](C3)N4)c2cc(C(F)(F)F)n1-c1cc(O)cc2ccc(F)c(F)c12.